The molecule has 0 spiro atoms. The van der Waals surface area contributed by atoms with Crippen LogP contribution < -0.4 is 0 Å². The molecule has 27 heavy (non-hydrogen) atoms. The maximum absolute atomic E-state index is 12.1. The number of nitrogens with zero attached hydrogens (tertiary/aromatic N) is 1. The standard InChI is InChI=1S/C23H19NO3/c1-27-23(26)22-12-17(10-18-6-2-3-7-20(18)15-25)11-21(13-22)19-8-4-5-16(9-19)14-24/h2-9,11-13,25H,10,15H2,1H3. The Labute approximate surface area is 158 Å². The van der Waals surface area contributed by atoms with Crippen LogP contribution in [0.2, 0.25) is 0 Å². The fraction of sp³-hybridized carbons (Fsp3) is 0.130. The number of rotatable bonds is 5. The normalized spacial score (nSPS) is 10.3. The molecule has 0 aromatic heterocycles. The molecule has 0 aliphatic rings. The van der Waals surface area contributed by atoms with Crippen molar-refractivity contribution in [3.63, 3.8) is 0 Å². The van der Waals surface area contributed by atoms with Crippen molar-refractivity contribution in [1.29, 1.82) is 5.26 Å². The van der Waals surface area contributed by atoms with Crippen LogP contribution in [0.4, 0.5) is 0 Å². The minimum atomic E-state index is -0.412. The largest absolute Gasteiger partial charge is 0.465 e. The van der Waals surface area contributed by atoms with E-state index in [1.54, 1.807) is 24.3 Å². The average Bonchev–Trinajstić information content (AvgIpc) is 2.73. The Kier molecular flexibility index (Phi) is 5.65. The molecule has 0 fully saturated rings. The van der Waals surface area contributed by atoms with Crippen LogP contribution in [-0.4, -0.2) is 18.2 Å². The Bertz CT molecular complexity index is 1020. The number of aliphatic hydroxyl groups excluding tert-OH is 1. The second-order valence-electron chi connectivity index (χ2n) is 6.21. The molecule has 0 heterocycles. The molecule has 3 rings (SSSR count). The molecular formula is C23H19NO3. The summed E-state index contributed by atoms with van der Waals surface area (Å²) >= 11 is 0. The van der Waals surface area contributed by atoms with Crippen LogP contribution in [0.5, 0.6) is 0 Å². The SMILES string of the molecule is COC(=O)c1cc(Cc2ccccc2CO)cc(-c2cccc(C#N)c2)c1. The summed E-state index contributed by atoms with van der Waals surface area (Å²) in [6.45, 7) is -0.0378. The lowest BCUT2D eigenvalue weighted by Crippen LogP contribution is -2.04. The molecule has 0 amide bonds. The van der Waals surface area contributed by atoms with Crippen LogP contribution in [0.25, 0.3) is 11.1 Å². The van der Waals surface area contributed by atoms with E-state index in [0.29, 0.717) is 17.5 Å². The molecule has 3 aromatic carbocycles. The fourth-order valence-electron chi connectivity index (χ4n) is 3.07. The van der Waals surface area contributed by atoms with E-state index >= 15 is 0 Å². The Morgan fingerprint density at radius 3 is 2.48 bits per heavy atom. The summed E-state index contributed by atoms with van der Waals surface area (Å²) in [7, 11) is 1.35. The van der Waals surface area contributed by atoms with Gasteiger partial charge in [-0.3, -0.25) is 0 Å². The van der Waals surface area contributed by atoms with E-state index in [-0.39, 0.29) is 6.61 Å². The minimum absolute atomic E-state index is 0.0378. The van der Waals surface area contributed by atoms with E-state index in [4.69, 9.17) is 10.00 Å². The zero-order valence-electron chi connectivity index (χ0n) is 15.0. The third kappa shape index (κ3) is 4.22. The van der Waals surface area contributed by atoms with E-state index in [0.717, 1.165) is 27.8 Å². The molecule has 4 heteroatoms. The highest BCUT2D eigenvalue weighted by molar-refractivity contribution is 5.91. The first-order valence-electron chi connectivity index (χ1n) is 8.55. The molecule has 0 saturated carbocycles. The first-order chi connectivity index (χ1) is 13.1. The summed E-state index contributed by atoms with van der Waals surface area (Å²) < 4.78 is 4.89. The molecule has 1 N–H and O–H groups in total. The zero-order valence-corrected chi connectivity index (χ0v) is 15.0. The summed E-state index contributed by atoms with van der Waals surface area (Å²) in [6.07, 6.45) is 0.576. The molecule has 0 radical (unpaired) electrons. The Balaban J connectivity index is 2.08. The maximum Gasteiger partial charge on any atom is 0.337 e. The molecule has 0 unspecified atom stereocenters. The van der Waals surface area contributed by atoms with Gasteiger partial charge >= 0.3 is 5.97 Å². The lowest BCUT2D eigenvalue weighted by atomic mass is 9.94. The minimum Gasteiger partial charge on any atom is -0.465 e. The van der Waals surface area contributed by atoms with Gasteiger partial charge in [-0.2, -0.15) is 5.26 Å². The number of benzene rings is 3. The summed E-state index contributed by atoms with van der Waals surface area (Å²) in [5, 5.41) is 18.7. The van der Waals surface area contributed by atoms with Crippen LogP contribution in [0.3, 0.4) is 0 Å². The smallest absolute Gasteiger partial charge is 0.337 e. The van der Waals surface area contributed by atoms with Gasteiger partial charge in [0.2, 0.25) is 0 Å². The van der Waals surface area contributed by atoms with Crippen LogP contribution in [0.1, 0.15) is 32.6 Å². The van der Waals surface area contributed by atoms with Crippen molar-refractivity contribution in [3.05, 3.63) is 94.5 Å². The second-order valence-corrected chi connectivity index (χ2v) is 6.21. The molecule has 0 aliphatic heterocycles. The molecule has 0 saturated heterocycles. The second kappa shape index (κ2) is 8.31. The fourth-order valence-corrected chi connectivity index (χ4v) is 3.07. The Morgan fingerprint density at radius 1 is 1.00 bits per heavy atom. The number of ether oxygens (including phenoxy) is 1. The number of methoxy groups -OCH3 is 1. The van der Waals surface area contributed by atoms with E-state index < -0.39 is 5.97 Å². The quantitative estimate of drug-likeness (QED) is 0.698. The number of carbonyl (C=O) groups excluding carboxylic acids is 1. The zero-order chi connectivity index (χ0) is 19.2. The summed E-state index contributed by atoms with van der Waals surface area (Å²) in [5.74, 6) is -0.412. The van der Waals surface area contributed by atoms with Gasteiger partial charge < -0.3 is 9.84 Å². The number of nitriles is 1. The van der Waals surface area contributed by atoms with Gasteiger partial charge in [0.1, 0.15) is 0 Å². The highest BCUT2D eigenvalue weighted by atomic mass is 16.5. The molecule has 3 aromatic rings. The van der Waals surface area contributed by atoms with E-state index in [1.807, 2.05) is 42.5 Å². The van der Waals surface area contributed by atoms with Crippen LogP contribution >= 0.6 is 0 Å². The number of aliphatic hydroxyl groups is 1. The van der Waals surface area contributed by atoms with Crippen molar-refractivity contribution < 1.29 is 14.6 Å². The van der Waals surface area contributed by atoms with Crippen molar-refractivity contribution in [3.8, 4) is 17.2 Å². The molecule has 0 bridgehead atoms. The van der Waals surface area contributed by atoms with Gasteiger partial charge in [0.05, 0.1) is 30.9 Å². The lowest BCUT2D eigenvalue weighted by molar-refractivity contribution is 0.0600. The molecule has 0 aliphatic carbocycles. The average molecular weight is 357 g/mol. The third-order valence-corrected chi connectivity index (χ3v) is 4.42. The van der Waals surface area contributed by atoms with E-state index in [9.17, 15) is 9.90 Å². The van der Waals surface area contributed by atoms with E-state index in [1.165, 1.54) is 7.11 Å². The lowest BCUT2D eigenvalue weighted by Gasteiger charge is -2.12. The van der Waals surface area contributed by atoms with Crippen molar-refractivity contribution in [2.75, 3.05) is 7.11 Å². The predicted octanol–water partition coefficient (Wildman–Crippen LogP) is 4.09. The van der Waals surface area contributed by atoms with Crippen molar-refractivity contribution >= 4 is 5.97 Å². The highest BCUT2D eigenvalue weighted by Crippen LogP contribution is 2.26. The first kappa shape index (κ1) is 18.4. The van der Waals surface area contributed by atoms with Crippen molar-refractivity contribution in [2.45, 2.75) is 13.0 Å². The van der Waals surface area contributed by atoms with Gasteiger partial charge in [0.15, 0.2) is 0 Å². The number of hydrogen-bond acceptors (Lipinski definition) is 4. The maximum atomic E-state index is 12.1. The monoisotopic (exact) mass is 357 g/mol. The third-order valence-electron chi connectivity index (χ3n) is 4.42. The van der Waals surface area contributed by atoms with Gasteiger partial charge in [-0.1, -0.05) is 42.5 Å². The summed E-state index contributed by atoms with van der Waals surface area (Å²) in [6, 6.07) is 22.6. The summed E-state index contributed by atoms with van der Waals surface area (Å²) in [5.41, 5.74) is 5.49. The van der Waals surface area contributed by atoms with Crippen LogP contribution in [-0.2, 0) is 17.8 Å². The first-order valence-corrected chi connectivity index (χ1v) is 8.55. The number of esters is 1. The van der Waals surface area contributed by atoms with Gasteiger partial charge in [-0.15, -0.1) is 0 Å². The number of carbonyl (C=O) groups is 1. The topological polar surface area (TPSA) is 70.3 Å². The molecule has 0 atom stereocenters. The number of hydrogen-bond donors (Lipinski definition) is 1. The van der Waals surface area contributed by atoms with Gasteiger partial charge in [0, 0.05) is 0 Å². The van der Waals surface area contributed by atoms with Gasteiger partial charge in [0.25, 0.3) is 0 Å². The van der Waals surface area contributed by atoms with Gasteiger partial charge in [-0.25, -0.2) is 4.79 Å². The van der Waals surface area contributed by atoms with E-state index in [2.05, 4.69) is 6.07 Å². The summed E-state index contributed by atoms with van der Waals surface area (Å²) in [4.78, 5) is 12.1. The highest BCUT2D eigenvalue weighted by Gasteiger charge is 2.12. The molecular weight excluding hydrogens is 338 g/mol. The molecule has 4 nitrogen and oxygen atoms in total. The van der Waals surface area contributed by atoms with Crippen molar-refractivity contribution in [1.82, 2.24) is 0 Å². The predicted molar refractivity (Wildman–Crippen MR) is 103 cm³/mol. The van der Waals surface area contributed by atoms with Gasteiger partial charge in [-0.05, 0) is 58.5 Å². The molecule has 134 valence electrons. The van der Waals surface area contributed by atoms with Crippen LogP contribution in [0.15, 0.2) is 66.7 Å². The van der Waals surface area contributed by atoms with Crippen LogP contribution in [0, 0.1) is 11.3 Å². The Hall–Kier alpha value is -3.42. The Morgan fingerprint density at radius 2 is 1.78 bits per heavy atom. The van der Waals surface area contributed by atoms with Crippen molar-refractivity contribution in [2.24, 2.45) is 0 Å².